The molecule has 1 heterocycles. The average Bonchev–Trinajstić information content (AvgIpc) is 2.38. The summed E-state index contributed by atoms with van der Waals surface area (Å²) in [6, 6.07) is 7.78. The third kappa shape index (κ3) is 4.40. The zero-order valence-electron chi connectivity index (χ0n) is 10.1. The third-order valence-corrected chi connectivity index (χ3v) is 3.28. The Balaban J connectivity index is 1.74. The van der Waals surface area contributed by atoms with Crippen molar-refractivity contribution in [3.63, 3.8) is 0 Å². The van der Waals surface area contributed by atoms with E-state index >= 15 is 0 Å². The molecule has 1 aromatic rings. The predicted molar refractivity (Wildman–Crippen MR) is 73.5 cm³/mol. The van der Waals surface area contributed by atoms with Gasteiger partial charge in [-0.15, -0.1) is 0 Å². The van der Waals surface area contributed by atoms with Crippen LogP contribution in [0, 0.1) is 0 Å². The van der Waals surface area contributed by atoms with Crippen molar-refractivity contribution < 1.29 is 9.53 Å². The molecule has 1 saturated heterocycles. The smallest absolute Gasteiger partial charge is 0.224 e. The van der Waals surface area contributed by atoms with Crippen LogP contribution >= 0.6 is 15.9 Å². The van der Waals surface area contributed by atoms with Gasteiger partial charge in [-0.25, -0.2) is 0 Å². The summed E-state index contributed by atoms with van der Waals surface area (Å²) in [5.41, 5.74) is 1.00. The molecule has 1 atom stereocenters. The highest BCUT2D eigenvalue weighted by atomic mass is 79.9. The molecule has 2 rings (SSSR count). The van der Waals surface area contributed by atoms with Crippen LogP contribution < -0.4 is 10.6 Å². The highest BCUT2D eigenvalue weighted by molar-refractivity contribution is 9.10. The minimum atomic E-state index is 0.0299. The van der Waals surface area contributed by atoms with Crippen LogP contribution in [0.25, 0.3) is 0 Å². The van der Waals surface area contributed by atoms with Crippen LogP contribution in [-0.4, -0.2) is 38.3 Å². The minimum Gasteiger partial charge on any atom is -0.374 e. The highest BCUT2D eigenvalue weighted by Crippen LogP contribution is 2.11. The summed E-state index contributed by atoms with van der Waals surface area (Å²) in [7, 11) is 0. The van der Waals surface area contributed by atoms with Crippen molar-refractivity contribution in [2.24, 2.45) is 0 Å². The molecule has 1 aromatic carbocycles. The van der Waals surface area contributed by atoms with Crippen LogP contribution in [0.2, 0.25) is 0 Å². The fourth-order valence-corrected chi connectivity index (χ4v) is 2.32. The normalized spacial score (nSPS) is 19.5. The number of hydrogen-bond acceptors (Lipinski definition) is 3. The number of amides is 1. The molecule has 4 nitrogen and oxygen atoms in total. The van der Waals surface area contributed by atoms with E-state index in [2.05, 4.69) is 26.6 Å². The molecule has 1 unspecified atom stereocenters. The lowest BCUT2D eigenvalue weighted by Crippen LogP contribution is -2.45. The van der Waals surface area contributed by atoms with Gasteiger partial charge in [-0.3, -0.25) is 4.79 Å². The molecule has 1 fully saturated rings. The van der Waals surface area contributed by atoms with E-state index in [0.717, 1.165) is 23.1 Å². The number of halogens is 1. The van der Waals surface area contributed by atoms with Crippen LogP contribution in [0.4, 0.5) is 0 Å². The number of ether oxygens (including phenoxy) is 1. The quantitative estimate of drug-likeness (QED) is 0.875. The first-order chi connectivity index (χ1) is 8.74. The van der Waals surface area contributed by atoms with Gasteiger partial charge in [0.1, 0.15) is 0 Å². The lowest BCUT2D eigenvalue weighted by molar-refractivity contribution is -0.121. The van der Waals surface area contributed by atoms with Crippen molar-refractivity contribution in [2.75, 3.05) is 26.2 Å². The maximum Gasteiger partial charge on any atom is 0.224 e. The lowest BCUT2D eigenvalue weighted by atomic mass is 10.1. The summed E-state index contributed by atoms with van der Waals surface area (Å²) in [6.07, 6.45) is 0.491. The molecule has 0 aliphatic carbocycles. The standard InChI is InChI=1S/C13H17BrN2O2/c14-11-3-1-2-10(6-11)7-13(17)16-9-12-8-15-4-5-18-12/h1-3,6,12,15H,4-5,7-9H2,(H,16,17). The largest absolute Gasteiger partial charge is 0.374 e. The molecule has 0 aromatic heterocycles. The summed E-state index contributed by atoms with van der Waals surface area (Å²) < 4.78 is 6.51. The molecule has 5 heteroatoms. The molecule has 0 bridgehead atoms. The van der Waals surface area contributed by atoms with E-state index in [1.165, 1.54) is 0 Å². The maximum atomic E-state index is 11.8. The van der Waals surface area contributed by atoms with Crippen molar-refractivity contribution >= 4 is 21.8 Å². The molecule has 1 amide bonds. The number of hydrogen-bond donors (Lipinski definition) is 2. The summed E-state index contributed by atoms with van der Waals surface area (Å²) >= 11 is 3.39. The molecule has 18 heavy (non-hydrogen) atoms. The van der Waals surface area contributed by atoms with E-state index in [4.69, 9.17) is 4.74 Å². The molecule has 1 aliphatic rings. The van der Waals surface area contributed by atoms with Crippen LogP contribution in [0.5, 0.6) is 0 Å². The number of carbonyl (C=O) groups is 1. The second kappa shape index (κ2) is 6.87. The number of rotatable bonds is 4. The van der Waals surface area contributed by atoms with E-state index in [1.54, 1.807) is 0 Å². The van der Waals surface area contributed by atoms with Crippen molar-refractivity contribution in [3.8, 4) is 0 Å². The molecule has 98 valence electrons. The SMILES string of the molecule is O=C(Cc1cccc(Br)c1)NCC1CNCCO1. The Kier molecular flexibility index (Phi) is 5.16. The second-order valence-corrected chi connectivity index (χ2v) is 5.22. The number of morpholine rings is 1. The summed E-state index contributed by atoms with van der Waals surface area (Å²) in [5, 5.41) is 6.13. The number of benzene rings is 1. The van der Waals surface area contributed by atoms with Crippen LogP contribution in [0.3, 0.4) is 0 Å². The Morgan fingerprint density at radius 3 is 3.17 bits per heavy atom. The summed E-state index contributed by atoms with van der Waals surface area (Å²) in [6.45, 7) is 2.98. The van der Waals surface area contributed by atoms with Crippen molar-refractivity contribution in [1.29, 1.82) is 0 Å². The van der Waals surface area contributed by atoms with Gasteiger partial charge in [0.25, 0.3) is 0 Å². The molecular formula is C13H17BrN2O2. The number of carbonyl (C=O) groups excluding carboxylic acids is 1. The Morgan fingerprint density at radius 2 is 2.44 bits per heavy atom. The molecule has 0 radical (unpaired) electrons. The molecule has 1 aliphatic heterocycles. The fraction of sp³-hybridized carbons (Fsp3) is 0.462. The predicted octanol–water partition coefficient (Wildman–Crippen LogP) is 1.10. The molecular weight excluding hydrogens is 296 g/mol. The Hall–Kier alpha value is -0.910. The van der Waals surface area contributed by atoms with E-state index in [9.17, 15) is 4.79 Å². The summed E-state index contributed by atoms with van der Waals surface area (Å²) in [4.78, 5) is 11.8. The first kappa shape index (κ1) is 13.5. The molecule has 0 spiro atoms. The fourth-order valence-electron chi connectivity index (χ4n) is 1.87. The Bertz CT molecular complexity index is 406. The van der Waals surface area contributed by atoms with E-state index in [1.807, 2.05) is 24.3 Å². The number of nitrogens with one attached hydrogen (secondary N) is 2. The highest BCUT2D eigenvalue weighted by Gasteiger charge is 2.14. The topological polar surface area (TPSA) is 50.4 Å². The molecule has 2 N–H and O–H groups in total. The van der Waals surface area contributed by atoms with E-state index < -0.39 is 0 Å². The van der Waals surface area contributed by atoms with E-state index in [-0.39, 0.29) is 12.0 Å². The first-order valence-electron chi connectivity index (χ1n) is 6.07. The van der Waals surface area contributed by atoms with Gasteiger partial charge < -0.3 is 15.4 Å². The van der Waals surface area contributed by atoms with Crippen molar-refractivity contribution in [3.05, 3.63) is 34.3 Å². The lowest BCUT2D eigenvalue weighted by Gasteiger charge is -2.23. The third-order valence-electron chi connectivity index (χ3n) is 2.79. The van der Waals surface area contributed by atoms with Gasteiger partial charge in [-0.2, -0.15) is 0 Å². The van der Waals surface area contributed by atoms with Crippen LogP contribution in [-0.2, 0) is 16.0 Å². The van der Waals surface area contributed by atoms with Crippen molar-refractivity contribution in [1.82, 2.24) is 10.6 Å². The minimum absolute atomic E-state index is 0.0299. The Labute approximate surface area is 115 Å². The van der Waals surface area contributed by atoms with Gasteiger partial charge >= 0.3 is 0 Å². The van der Waals surface area contributed by atoms with Gasteiger partial charge in [0, 0.05) is 24.1 Å². The zero-order valence-corrected chi connectivity index (χ0v) is 11.7. The molecule has 0 saturated carbocycles. The van der Waals surface area contributed by atoms with Gasteiger partial charge in [0.2, 0.25) is 5.91 Å². The van der Waals surface area contributed by atoms with Crippen molar-refractivity contribution in [2.45, 2.75) is 12.5 Å². The van der Waals surface area contributed by atoms with Gasteiger partial charge in [0.15, 0.2) is 0 Å². The van der Waals surface area contributed by atoms with Gasteiger partial charge in [-0.1, -0.05) is 28.1 Å². The average molecular weight is 313 g/mol. The summed E-state index contributed by atoms with van der Waals surface area (Å²) in [5.74, 6) is 0.0299. The van der Waals surface area contributed by atoms with Crippen LogP contribution in [0.1, 0.15) is 5.56 Å². The second-order valence-electron chi connectivity index (χ2n) is 4.31. The zero-order chi connectivity index (χ0) is 12.8. The van der Waals surface area contributed by atoms with Gasteiger partial charge in [0.05, 0.1) is 19.1 Å². The Morgan fingerprint density at radius 1 is 1.56 bits per heavy atom. The van der Waals surface area contributed by atoms with Gasteiger partial charge in [-0.05, 0) is 17.7 Å². The maximum absolute atomic E-state index is 11.8. The van der Waals surface area contributed by atoms with E-state index in [0.29, 0.717) is 19.6 Å². The first-order valence-corrected chi connectivity index (χ1v) is 6.87. The monoisotopic (exact) mass is 312 g/mol. The van der Waals surface area contributed by atoms with Crippen LogP contribution in [0.15, 0.2) is 28.7 Å².